The summed E-state index contributed by atoms with van der Waals surface area (Å²) in [7, 11) is 0. The van der Waals surface area contributed by atoms with E-state index in [2.05, 4.69) is 21.5 Å². The molecule has 4 rings (SSSR count). The van der Waals surface area contributed by atoms with Gasteiger partial charge in [-0.2, -0.15) is 10.4 Å². The van der Waals surface area contributed by atoms with Crippen LogP contribution in [-0.2, 0) is 6.54 Å². The number of hydrogen-bond acceptors (Lipinski definition) is 4. The van der Waals surface area contributed by atoms with Crippen LogP contribution in [0.1, 0.15) is 41.6 Å². The van der Waals surface area contributed by atoms with Gasteiger partial charge in [-0.15, -0.1) is 0 Å². The molecule has 6 heteroatoms. The normalized spacial score (nSPS) is 15.7. The van der Waals surface area contributed by atoms with Crippen molar-refractivity contribution in [2.45, 2.75) is 37.8 Å². The number of hydrogen-bond donors (Lipinski definition) is 1. The first-order valence-electron chi connectivity index (χ1n) is 8.78. The number of aromatic nitrogens is 3. The molecule has 0 atom stereocenters. The Kier molecular flexibility index (Phi) is 4.13. The van der Waals surface area contributed by atoms with Crippen molar-refractivity contribution in [1.29, 1.82) is 5.26 Å². The molecule has 0 radical (unpaired) electrons. The van der Waals surface area contributed by atoms with Crippen LogP contribution >= 0.6 is 0 Å². The molecule has 2 heterocycles. The number of rotatable bonds is 4. The molecule has 2 aromatic heterocycles. The van der Waals surface area contributed by atoms with E-state index in [1.54, 1.807) is 18.5 Å². The summed E-state index contributed by atoms with van der Waals surface area (Å²) < 4.78 is 1.82. The molecular formula is C20H19N5O. The van der Waals surface area contributed by atoms with Gasteiger partial charge in [0.1, 0.15) is 5.54 Å². The number of carbonyl (C=O) groups excluding carboxylic acids is 1. The van der Waals surface area contributed by atoms with Gasteiger partial charge in [-0.1, -0.05) is 30.3 Å². The van der Waals surface area contributed by atoms with E-state index in [0.717, 1.165) is 29.4 Å². The molecule has 6 nitrogen and oxygen atoms in total. The highest BCUT2D eigenvalue weighted by molar-refractivity contribution is 5.97. The number of fused-ring (bicyclic) bond motifs is 1. The van der Waals surface area contributed by atoms with E-state index in [4.69, 9.17) is 0 Å². The Balaban J connectivity index is 1.57. The second kappa shape index (κ2) is 6.60. The summed E-state index contributed by atoms with van der Waals surface area (Å²) in [5.74, 6) is -0.251. The van der Waals surface area contributed by atoms with Crippen LogP contribution in [-0.4, -0.2) is 26.2 Å². The summed E-state index contributed by atoms with van der Waals surface area (Å²) in [5.41, 5.74) is 1.60. The Hall–Kier alpha value is -3.20. The molecule has 130 valence electrons. The Labute approximate surface area is 151 Å². The van der Waals surface area contributed by atoms with Gasteiger partial charge in [0.25, 0.3) is 5.91 Å². The highest BCUT2D eigenvalue weighted by Crippen LogP contribution is 2.29. The highest BCUT2D eigenvalue weighted by Gasteiger charge is 2.35. The SMILES string of the molecule is N#CC1(NC(=O)c2cnc3c(cnn3Cc3ccccc3)c2)CCCC1. The van der Waals surface area contributed by atoms with Gasteiger partial charge in [-0.3, -0.25) is 4.79 Å². The molecule has 0 spiro atoms. The van der Waals surface area contributed by atoms with Crippen LogP contribution in [0.2, 0.25) is 0 Å². The number of nitriles is 1. The highest BCUT2D eigenvalue weighted by atomic mass is 16.1. The molecule has 0 aliphatic heterocycles. The van der Waals surface area contributed by atoms with Gasteiger partial charge in [0.05, 0.1) is 24.4 Å². The maximum Gasteiger partial charge on any atom is 0.254 e. The van der Waals surface area contributed by atoms with Crippen LogP contribution in [0.3, 0.4) is 0 Å². The van der Waals surface area contributed by atoms with Gasteiger partial charge in [0.2, 0.25) is 0 Å². The van der Waals surface area contributed by atoms with E-state index in [0.29, 0.717) is 24.9 Å². The molecule has 0 unspecified atom stereocenters. The third-order valence-corrected chi connectivity index (χ3v) is 4.94. The Morgan fingerprint density at radius 3 is 2.73 bits per heavy atom. The van der Waals surface area contributed by atoms with Crippen LogP contribution in [0, 0.1) is 11.3 Å². The molecule has 3 aromatic rings. The largest absolute Gasteiger partial charge is 0.334 e. The van der Waals surface area contributed by atoms with Crippen molar-refractivity contribution in [1.82, 2.24) is 20.1 Å². The van der Waals surface area contributed by atoms with Crippen LogP contribution in [0.5, 0.6) is 0 Å². The minimum absolute atomic E-state index is 0.251. The van der Waals surface area contributed by atoms with E-state index in [-0.39, 0.29) is 5.91 Å². The molecule has 1 amide bonds. The number of pyridine rings is 1. The Bertz CT molecular complexity index is 980. The van der Waals surface area contributed by atoms with Crippen LogP contribution in [0.15, 0.2) is 48.8 Å². The van der Waals surface area contributed by atoms with Gasteiger partial charge in [-0.05, 0) is 37.3 Å². The van der Waals surface area contributed by atoms with Gasteiger partial charge < -0.3 is 5.32 Å². The van der Waals surface area contributed by atoms with Crippen LogP contribution < -0.4 is 5.32 Å². The molecule has 0 saturated heterocycles. The maximum atomic E-state index is 12.6. The minimum Gasteiger partial charge on any atom is -0.334 e. The second-order valence-corrected chi connectivity index (χ2v) is 6.78. The lowest BCUT2D eigenvalue weighted by atomic mass is 9.99. The van der Waals surface area contributed by atoms with Gasteiger partial charge in [0.15, 0.2) is 5.65 Å². The van der Waals surface area contributed by atoms with Crippen molar-refractivity contribution < 1.29 is 4.79 Å². The summed E-state index contributed by atoms with van der Waals surface area (Å²) >= 11 is 0. The third-order valence-electron chi connectivity index (χ3n) is 4.94. The molecule has 1 N–H and O–H groups in total. The van der Waals surface area contributed by atoms with Gasteiger partial charge >= 0.3 is 0 Å². The average Bonchev–Trinajstić information content (AvgIpc) is 3.30. The number of benzene rings is 1. The summed E-state index contributed by atoms with van der Waals surface area (Å²) in [6, 6.07) is 14.1. The monoisotopic (exact) mass is 345 g/mol. The zero-order valence-electron chi connectivity index (χ0n) is 14.4. The fourth-order valence-corrected chi connectivity index (χ4v) is 3.50. The lowest BCUT2D eigenvalue weighted by Gasteiger charge is -2.21. The predicted molar refractivity (Wildman–Crippen MR) is 97.4 cm³/mol. The van der Waals surface area contributed by atoms with E-state index >= 15 is 0 Å². The van der Waals surface area contributed by atoms with Crippen LogP contribution in [0.4, 0.5) is 0 Å². The minimum atomic E-state index is -0.733. The maximum absolute atomic E-state index is 12.6. The number of amides is 1. The van der Waals surface area contributed by atoms with Gasteiger partial charge in [-0.25, -0.2) is 9.67 Å². The fraction of sp³-hybridized carbons (Fsp3) is 0.300. The van der Waals surface area contributed by atoms with E-state index < -0.39 is 5.54 Å². The molecule has 1 aliphatic rings. The standard InChI is InChI=1S/C20H19N5O/c21-14-20(8-4-5-9-20)24-19(26)17-10-16-12-23-25(18(16)22-11-17)13-15-6-2-1-3-7-15/h1-3,6-7,10-12H,4-5,8-9,13H2,(H,24,26). The molecule has 1 aromatic carbocycles. The zero-order valence-corrected chi connectivity index (χ0v) is 14.4. The van der Waals surface area contributed by atoms with Crippen molar-refractivity contribution in [3.63, 3.8) is 0 Å². The lowest BCUT2D eigenvalue weighted by molar-refractivity contribution is 0.0920. The van der Waals surface area contributed by atoms with Crippen molar-refractivity contribution in [2.75, 3.05) is 0 Å². The summed E-state index contributed by atoms with van der Waals surface area (Å²) in [6.07, 6.45) is 6.63. The fourth-order valence-electron chi connectivity index (χ4n) is 3.50. The summed E-state index contributed by atoms with van der Waals surface area (Å²) in [6.45, 7) is 0.625. The number of nitrogens with one attached hydrogen (secondary N) is 1. The predicted octanol–water partition coefficient (Wildman–Crippen LogP) is 3.05. The van der Waals surface area contributed by atoms with Gasteiger partial charge in [0, 0.05) is 11.6 Å². The summed E-state index contributed by atoms with van der Waals surface area (Å²) in [4.78, 5) is 17.0. The first-order valence-corrected chi connectivity index (χ1v) is 8.78. The van der Waals surface area contributed by atoms with Crippen molar-refractivity contribution in [3.05, 3.63) is 59.9 Å². The molecule has 1 saturated carbocycles. The lowest BCUT2D eigenvalue weighted by Crippen LogP contribution is -2.45. The molecule has 0 bridgehead atoms. The average molecular weight is 345 g/mol. The molecule has 1 fully saturated rings. The summed E-state index contributed by atoms with van der Waals surface area (Å²) in [5, 5.41) is 17.5. The van der Waals surface area contributed by atoms with E-state index in [1.165, 1.54) is 0 Å². The van der Waals surface area contributed by atoms with E-state index in [1.807, 2.05) is 35.0 Å². The van der Waals surface area contributed by atoms with Crippen molar-refractivity contribution in [3.8, 4) is 6.07 Å². The quantitative estimate of drug-likeness (QED) is 0.788. The smallest absolute Gasteiger partial charge is 0.254 e. The Morgan fingerprint density at radius 1 is 1.23 bits per heavy atom. The van der Waals surface area contributed by atoms with Crippen molar-refractivity contribution >= 4 is 16.9 Å². The molecule has 26 heavy (non-hydrogen) atoms. The number of nitrogens with zero attached hydrogens (tertiary/aromatic N) is 4. The first-order chi connectivity index (χ1) is 12.7. The van der Waals surface area contributed by atoms with Crippen molar-refractivity contribution in [2.24, 2.45) is 0 Å². The topological polar surface area (TPSA) is 83.6 Å². The van der Waals surface area contributed by atoms with E-state index in [9.17, 15) is 10.1 Å². The first kappa shape index (κ1) is 16.3. The molecule has 1 aliphatic carbocycles. The third kappa shape index (κ3) is 3.04. The number of carbonyl (C=O) groups is 1. The second-order valence-electron chi connectivity index (χ2n) is 6.78. The zero-order chi connectivity index (χ0) is 18.0. The molecular weight excluding hydrogens is 326 g/mol. The van der Waals surface area contributed by atoms with Crippen LogP contribution in [0.25, 0.3) is 11.0 Å². The Morgan fingerprint density at radius 2 is 2.00 bits per heavy atom.